The Morgan fingerprint density at radius 3 is 2.75 bits per heavy atom. The Morgan fingerprint density at radius 2 is 2.10 bits per heavy atom. The first-order chi connectivity index (χ1) is 9.48. The molecule has 2 aliphatic rings. The van der Waals surface area contributed by atoms with Gasteiger partial charge in [0.25, 0.3) is 5.85 Å². The van der Waals surface area contributed by atoms with Gasteiger partial charge < -0.3 is 15.1 Å². The Bertz CT molecular complexity index is 672. The van der Waals surface area contributed by atoms with Crippen molar-refractivity contribution in [1.29, 1.82) is 0 Å². The lowest BCUT2D eigenvalue weighted by Crippen LogP contribution is -2.44. The van der Waals surface area contributed by atoms with E-state index in [0.717, 1.165) is 0 Å². The molecule has 1 amide bonds. The first kappa shape index (κ1) is 13.3. The lowest BCUT2D eigenvalue weighted by Gasteiger charge is -2.34. The van der Waals surface area contributed by atoms with Gasteiger partial charge in [-0.05, 0) is 18.9 Å². The predicted molar refractivity (Wildman–Crippen MR) is 68.8 cm³/mol. The average Bonchev–Trinajstić information content (AvgIpc) is 2.75. The summed E-state index contributed by atoms with van der Waals surface area (Å²) in [4.78, 5) is 24.6. The van der Waals surface area contributed by atoms with Crippen LogP contribution < -0.4 is 10.8 Å². The number of hydrogen-bond acceptors (Lipinski definition) is 5. The predicted octanol–water partition coefficient (Wildman–Crippen LogP) is 0.0239. The molecule has 3 rings (SSSR count). The minimum absolute atomic E-state index is 0.217. The maximum atomic E-state index is 10.9. The molecule has 1 saturated heterocycles. The molecule has 1 aromatic rings. The van der Waals surface area contributed by atoms with Crippen molar-refractivity contribution in [3.05, 3.63) is 28.1 Å². The fourth-order valence-corrected chi connectivity index (χ4v) is 2.74. The van der Waals surface area contributed by atoms with Crippen molar-refractivity contribution in [1.82, 2.24) is 9.88 Å². The van der Waals surface area contributed by atoms with Crippen molar-refractivity contribution in [3.8, 4) is 0 Å². The van der Waals surface area contributed by atoms with E-state index < -0.39 is 11.9 Å². The smallest absolute Gasteiger partial charge is 0.407 e. The number of hydrogen-bond donors (Lipinski definition) is 2. The van der Waals surface area contributed by atoms with Crippen LogP contribution in [0.1, 0.15) is 12.8 Å². The van der Waals surface area contributed by atoms with Gasteiger partial charge in [0.05, 0.1) is 5.02 Å². The molecular weight excluding hydrogens is 284 g/mol. The van der Waals surface area contributed by atoms with E-state index in [4.69, 9.17) is 16.7 Å². The second-order valence-electron chi connectivity index (χ2n) is 4.95. The summed E-state index contributed by atoms with van der Waals surface area (Å²) in [6, 6.07) is 1.61. The van der Waals surface area contributed by atoms with Gasteiger partial charge in [0, 0.05) is 25.2 Å². The van der Waals surface area contributed by atoms with Crippen LogP contribution in [0.25, 0.3) is 0 Å². The molecule has 8 heteroatoms. The number of rotatable bonds is 1. The number of amides is 1. The fourth-order valence-electron chi connectivity index (χ4n) is 2.59. The minimum Gasteiger partial charge on any atom is -0.465 e. The van der Waals surface area contributed by atoms with Crippen LogP contribution >= 0.6 is 11.6 Å². The fraction of sp³-hybridized carbons (Fsp3) is 0.500. The van der Waals surface area contributed by atoms with Gasteiger partial charge in [0.15, 0.2) is 5.49 Å². The lowest BCUT2D eigenvalue weighted by molar-refractivity contribution is -0.0282. The second-order valence-corrected chi connectivity index (χ2v) is 5.39. The monoisotopic (exact) mass is 296 g/mol. The van der Waals surface area contributed by atoms with E-state index in [0.29, 0.717) is 41.8 Å². The first-order valence-electron chi connectivity index (χ1n) is 6.29. The molecule has 0 radical (unpaired) electrons. The standard InChI is InChI=1S/C12H13ClN4O3/c13-8-5-9-10(14-6-8)16-12(20,15-9)7-1-3-17(4-2-7)11(18)19/h5-7,20H,1-4H2,(H,18,19). The summed E-state index contributed by atoms with van der Waals surface area (Å²) < 4.78 is 0. The van der Waals surface area contributed by atoms with E-state index in [9.17, 15) is 9.90 Å². The van der Waals surface area contributed by atoms with E-state index in [1.165, 1.54) is 11.1 Å². The van der Waals surface area contributed by atoms with Gasteiger partial charge >= 0.3 is 6.09 Å². The molecule has 0 aromatic carbocycles. The number of nitrogens with zero attached hydrogens (tertiary/aromatic N) is 4. The highest BCUT2D eigenvalue weighted by molar-refractivity contribution is 6.30. The van der Waals surface area contributed by atoms with Crippen LogP contribution in [0.3, 0.4) is 0 Å². The van der Waals surface area contributed by atoms with Gasteiger partial charge in [-0.25, -0.2) is 19.8 Å². The lowest BCUT2D eigenvalue weighted by atomic mass is 9.92. The van der Waals surface area contributed by atoms with E-state index in [1.807, 2.05) is 0 Å². The van der Waals surface area contributed by atoms with Crippen LogP contribution in [0.15, 0.2) is 22.2 Å². The minimum atomic E-state index is -1.55. The Labute approximate surface area is 119 Å². The van der Waals surface area contributed by atoms with Crippen LogP contribution in [0.4, 0.5) is 4.79 Å². The van der Waals surface area contributed by atoms with Crippen LogP contribution in [0.5, 0.6) is 0 Å². The number of likely N-dealkylation sites (tertiary alicyclic amines) is 1. The molecule has 1 fully saturated rings. The molecular formula is C12H13ClN4O3. The summed E-state index contributed by atoms with van der Waals surface area (Å²) in [5, 5.41) is 20.4. The highest BCUT2D eigenvalue weighted by atomic mass is 35.5. The van der Waals surface area contributed by atoms with Gasteiger partial charge in [-0.2, -0.15) is 0 Å². The number of fused-ring (bicyclic) bond motifs is 1. The third-order valence-corrected chi connectivity index (χ3v) is 3.89. The number of carboxylic acid groups (broad SMARTS) is 1. The number of halogens is 1. The summed E-state index contributed by atoms with van der Waals surface area (Å²) >= 11 is 5.84. The molecule has 2 aliphatic heterocycles. The number of pyridine rings is 1. The Balaban J connectivity index is 1.84. The normalized spacial score (nSPS) is 25.8. The molecule has 1 aromatic heterocycles. The van der Waals surface area contributed by atoms with Crippen molar-refractivity contribution in [2.75, 3.05) is 13.1 Å². The molecule has 1 unspecified atom stereocenters. The molecule has 0 saturated carbocycles. The van der Waals surface area contributed by atoms with E-state index in [-0.39, 0.29) is 5.92 Å². The van der Waals surface area contributed by atoms with Crippen LogP contribution in [0.2, 0.25) is 5.02 Å². The average molecular weight is 297 g/mol. The van der Waals surface area contributed by atoms with Crippen molar-refractivity contribution in [2.24, 2.45) is 15.9 Å². The molecule has 106 valence electrons. The molecule has 0 aliphatic carbocycles. The van der Waals surface area contributed by atoms with Crippen LogP contribution in [0, 0.1) is 5.92 Å². The summed E-state index contributed by atoms with van der Waals surface area (Å²) in [5.41, 5.74) is 0.373. The molecule has 0 spiro atoms. The summed E-state index contributed by atoms with van der Waals surface area (Å²) in [6.07, 6.45) is 1.54. The first-order valence-corrected chi connectivity index (χ1v) is 6.67. The van der Waals surface area contributed by atoms with Crippen molar-refractivity contribution in [3.63, 3.8) is 0 Å². The Kier molecular flexibility index (Phi) is 3.10. The van der Waals surface area contributed by atoms with E-state index in [2.05, 4.69) is 15.0 Å². The molecule has 2 N–H and O–H groups in total. The van der Waals surface area contributed by atoms with Crippen molar-refractivity contribution in [2.45, 2.75) is 18.7 Å². The second kappa shape index (κ2) is 4.68. The maximum absolute atomic E-state index is 10.9. The van der Waals surface area contributed by atoms with Crippen LogP contribution in [-0.2, 0) is 0 Å². The highest BCUT2D eigenvalue weighted by Crippen LogP contribution is 2.31. The molecule has 1 atom stereocenters. The molecule has 20 heavy (non-hydrogen) atoms. The SMILES string of the molecule is O=C(O)N1CCC(C2(O)N=c3cc(Cl)cnc3=N2)CC1. The number of aromatic nitrogens is 1. The largest absolute Gasteiger partial charge is 0.465 e. The van der Waals surface area contributed by atoms with Gasteiger partial charge in [-0.15, -0.1) is 0 Å². The molecule has 7 nitrogen and oxygen atoms in total. The number of piperidine rings is 1. The summed E-state index contributed by atoms with van der Waals surface area (Å²) in [5.74, 6) is -1.77. The van der Waals surface area contributed by atoms with Gasteiger partial charge in [-0.3, -0.25) is 0 Å². The van der Waals surface area contributed by atoms with E-state index in [1.54, 1.807) is 6.07 Å². The third kappa shape index (κ3) is 2.23. The Hall–Kier alpha value is -1.73. The van der Waals surface area contributed by atoms with Crippen molar-refractivity contribution < 1.29 is 15.0 Å². The topological polar surface area (TPSA) is 98.4 Å². The highest BCUT2D eigenvalue weighted by Gasteiger charge is 2.41. The maximum Gasteiger partial charge on any atom is 0.407 e. The zero-order valence-electron chi connectivity index (χ0n) is 10.5. The van der Waals surface area contributed by atoms with E-state index >= 15 is 0 Å². The number of carbonyl (C=O) groups is 1. The van der Waals surface area contributed by atoms with Crippen LogP contribution in [-0.4, -0.2) is 45.1 Å². The third-order valence-electron chi connectivity index (χ3n) is 3.68. The Morgan fingerprint density at radius 1 is 1.40 bits per heavy atom. The zero-order chi connectivity index (χ0) is 14.3. The van der Waals surface area contributed by atoms with Crippen molar-refractivity contribution >= 4 is 17.7 Å². The summed E-state index contributed by atoms with van der Waals surface area (Å²) in [6.45, 7) is 0.746. The zero-order valence-corrected chi connectivity index (χ0v) is 11.3. The van der Waals surface area contributed by atoms with Gasteiger partial charge in [-0.1, -0.05) is 11.6 Å². The number of aliphatic hydroxyl groups is 1. The molecule has 0 bridgehead atoms. The van der Waals surface area contributed by atoms with Gasteiger partial charge in [0.2, 0.25) is 0 Å². The molecule has 3 heterocycles. The summed E-state index contributed by atoms with van der Waals surface area (Å²) in [7, 11) is 0. The van der Waals surface area contributed by atoms with Gasteiger partial charge in [0.1, 0.15) is 5.36 Å². The quantitative estimate of drug-likeness (QED) is 0.763.